The van der Waals surface area contributed by atoms with Crippen LogP contribution in [0.4, 0.5) is 11.4 Å². The van der Waals surface area contributed by atoms with Crippen molar-refractivity contribution in [2.24, 2.45) is 0 Å². The predicted octanol–water partition coefficient (Wildman–Crippen LogP) is 4.04. The summed E-state index contributed by atoms with van der Waals surface area (Å²) < 4.78 is 33.2. The van der Waals surface area contributed by atoms with Crippen LogP contribution >= 0.6 is 11.6 Å². The Morgan fingerprint density at radius 1 is 0.941 bits per heavy atom. The van der Waals surface area contributed by atoms with Gasteiger partial charge in [0.1, 0.15) is 5.75 Å². The molecule has 7 nitrogen and oxygen atoms in total. The highest BCUT2D eigenvalue weighted by atomic mass is 35.5. The molecule has 0 spiro atoms. The number of methoxy groups -OCH3 is 1. The minimum atomic E-state index is -3.63. The van der Waals surface area contributed by atoms with E-state index < -0.39 is 10.0 Å². The van der Waals surface area contributed by atoms with Gasteiger partial charge >= 0.3 is 0 Å². The molecule has 1 saturated heterocycles. The van der Waals surface area contributed by atoms with E-state index in [-0.39, 0.29) is 17.2 Å². The molecule has 178 valence electrons. The fourth-order valence-electron chi connectivity index (χ4n) is 3.91. The number of para-hydroxylation sites is 2. The van der Waals surface area contributed by atoms with Crippen molar-refractivity contribution in [3.63, 3.8) is 0 Å². The van der Waals surface area contributed by atoms with E-state index >= 15 is 0 Å². The number of carbonyl (C=O) groups excluding carboxylic acids is 1. The summed E-state index contributed by atoms with van der Waals surface area (Å²) in [6.45, 7) is 1.89. The molecule has 1 amide bonds. The molecule has 3 aromatic carbocycles. The molecule has 0 radical (unpaired) electrons. The van der Waals surface area contributed by atoms with Gasteiger partial charge in [0.25, 0.3) is 0 Å². The molecule has 1 N–H and O–H groups in total. The Bertz CT molecular complexity index is 1240. The minimum absolute atomic E-state index is 0.189. The standard InChI is InChI=1S/C25H26ClN3O4S/c1-33-24-5-3-2-4-23(24)28-14-16-29(17-15-28)34(31,32)22-12-10-21(11-13-22)27-25(30)18-19-6-8-20(26)9-7-19/h2-13H,14-18H2,1H3,(H,27,30). The van der Waals surface area contributed by atoms with Crippen LogP contribution in [0.15, 0.2) is 77.7 Å². The summed E-state index contributed by atoms with van der Waals surface area (Å²) in [6.07, 6.45) is 0.202. The number of piperazine rings is 1. The summed E-state index contributed by atoms with van der Waals surface area (Å²) in [5.74, 6) is 0.581. The van der Waals surface area contributed by atoms with E-state index in [4.69, 9.17) is 16.3 Å². The average molecular weight is 500 g/mol. The van der Waals surface area contributed by atoms with Gasteiger partial charge in [-0.1, -0.05) is 35.9 Å². The molecule has 1 heterocycles. The summed E-state index contributed by atoms with van der Waals surface area (Å²) in [7, 11) is -2.00. The Hall–Kier alpha value is -3.07. The zero-order valence-corrected chi connectivity index (χ0v) is 20.3. The van der Waals surface area contributed by atoms with E-state index in [1.54, 1.807) is 43.5 Å². The molecule has 0 bridgehead atoms. The molecule has 4 rings (SSSR count). The molecule has 1 aliphatic heterocycles. The number of benzene rings is 3. The van der Waals surface area contributed by atoms with Gasteiger partial charge in [-0.15, -0.1) is 0 Å². The van der Waals surface area contributed by atoms with Gasteiger partial charge in [-0.2, -0.15) is 4.31 Å². The number of rotatable bonds is 7. The van der Waals surface area contributed by atoms with Crippen LogP contribution in [0.25, 0.3) is 0 Å². The number of anilines is 2. The second kappa shape index (κ2) is 10.5. The quantitative estimate of drug-likeness (QED) is 0.530. The lowest BCUT2D eigenvalue weighted by atomic mass is 10.1. The molecule has 0 unspecified atom stereocenters. The highest BCUT2D eigenvalue weighted by Gasteiger charge is 2.29. The highest BCUT2D eigenvalue weighted by Crippen LogP contribution is 2.29. The maximum Gasteiger partial charge on any atom is 0.243 e. The minimum Gasteiger partial charge on any atom is -0.495 e. The molecule has 3 aromatic rings. The van der Waals surface area contributed by atoms with E-state index in [1.165, 1.54) is 16.4 Å². The first kappa shape index (κ1) is 24.1. The number of halogens is 1. The first-order valence-corrected chi connectivity index (χ1v) is 12.7. The molecule has 34 heavy (non-hydrogen) atoms. The Labute approximate surface area is 205 Å². The molecular formula is C25H26ClN3O4S. The maximum absolute atomic E-state index is 13.1. The Morgan fingerprint density at radius 2 is 1.59 bits per heavy atom. The van der Waals surface area contributed by atoms with Gasteiger partial charge in [-0.05, 0) is 54.1 Å². The summed E-state index contributed by atoms with van der Waals surface area (Å²) in [4.78, 5) is 14.6. The molecule has 9 heteroatoms. The van der Waals surface area contributed by atoms with Crippen LogP contribution < -0.4 is 15.0 Å². The third-order valence-corrected chi connectivity index (χ3v) is 7.88. The normalized spacial score (nSPS) is 14.6. The van der Waals surface area contributed by atoms with E-state index in [1.807, 2.05) is 24.3 Å². The van der Waals surface area contributed by atoms with E-state index in [9.17, 15) is 13.2 Å². The number of nitrogens with one attached hydrogen (secondary N) is 1. The summed E-state index contributed by atoms with van der Waals surface area (Å²) in [5.41, 5.74) is 2.34. The van der Waals surface area contributed by atoms with Gasteiger partial charge in [-0.3, -0.25) is 4.79 Å². The Morgan fingerprint density at radius 3 is 2.24 bits per heavy atom. The Kier molecular flexibility index (Phi) is 7.41. The molecule has 0 saturated carbocycles. The zero-order valence-electron chi connectivity index (χ0n) is 18.8. The number of carbonyl (C=O) groups is 1. The van der Waals surface area contributed by atoms with Crippen LogP contribution in [-0.2, 0) is 21.2 Å². The largest absolute Gasteiger partial charge is 0.495 e. The summed E-state index contributed by atoms with van der Waals surface area (Å²) in [5, 5.41) is 3.41. The lowest BCUT2D eigenvalue weighted by Gasteiger charge is -2.35. The second-order valence-corrected chi connectivity index (χ2v) is 10.3. The molecule has 0 aromatic heterocycles. The van der Waals surface area contributed by atoms with E-state index in [2.05, 4.69) is 10.2 Å². The van der Waals surface area contributed by atoms with Crippen molar-refractivity contribution < 1.29 is 17.9 Å². The van der Waals surface area contributed by atoms with E-state index in [0.717, 1.165) is 17.0 Å². The van der Waals surface area contributed by atoms with Crippen molar-refractivity contribution in [2.45, 2.75) is 11.3 Å². The van der Waals surface area contributed by atoms with Crippen molar-refractivity contribution in [3.05, 3.63) is 83.4 Å². The van der Waals surface area contributed by atoms with Crippen LogP contribution in [0.3, 0.4) is 0 Å². The van der Waals surface area contributed by atoms with Gasteiger partial charge in [0.15, 0.2) is 0 Å². The van der Waals surface area contributed by atoms with Gasteiger partial charge < -0.3 is 15.0 Å². The molecule has 1 aliphatic rings. The smallest absolute Gasteiger partial charge is 0.243 e. The van der Waals surface area contributed by atoms with Gasteiger partial charge in [0, 0.05) is 36.9 Å². The topological polar surface area (TPSA) is 79.0 Å². The van der Waals surface area contributed by atoms with Crippen molar-refractivity contribution in [1.29, 1.82) is 0 Å². The van der Waals surface area contributed by atoms with Gasteiger partial charge in [-0.25, -0.2) is 8.42 Å². The van der Waals surface area contributed by atoms with Crippen LogP contribution in [-0.4, -0.2) is 51.9 Å². The Balaban J connectivity index is 1.36. The third-order valence-electron chi connectivity index (χ3n) is 5.72. The summed E-state index contributed by atoms with van der Waals surface area (Å²) >= 11 is 5.87. The van der Waals surface area contributed by atoms with Crippen LogP contribution in [0.5, 0.6) is 5.75 Å². The fraction of sp³-hybridized carbons (Fsp3) is 0.240. The van der Waals surface area contributed by atoms with Gasteiger partial charge in [0.2, 0.25) is 15.9 Å². The van der Waals surface area contributed by atoms with Crippen molar-refractivity contribution >= 4 is 38.9 Å². The van der Waals surface area contributed by atoms with Crippen molar-refractivity contribution in [1.82, 2.24) is 4.31 Å². The SMILES string of the molecule is COc1ccccc1N1CCN(S(=O)(=O)c2ccc(NC(=O)Cc3ccc(Cl)cc3)cc2)CC1. The molecular weight excluding hydrogens is 474 g/mol. The number of ether oxygens (including phenoxy) is 1. The fourth-order valence-corrected chi connectivity index (χ4v) is 5.46. The number of hydrogen-bond donors (Lipinski definition) is 1. The first-order valence-electron chi connectivity index (χ1n) is 10.9. The van der Waals surface area contributed by atoms with E-state index in [0.29, 0.717) is 36.9 Å². The molecule has 0 atom stereocenters. The van der Waals surface area contributed by atoms with Crippen LogP contribution in [0.2, 0.25) is 5.02 Å². The number of amides is 1. The maximum atomic E-state index is 13.1. The van der Waals surface area contributed by atoms with Crippen molar-refractivity contribution in [2.75, 3.05) is 43.5 Å². The highest BCUT2D eigenvalue weighted by molar-refractivity contribution is 7.89. The van der Waals surface area contributed by atoms with Crippen LogP contribution in [0.1, 0.15) is 5.56 Å². The van der Waals surface area contributed by atoms with Crippen molar-refractivity contribution in [3.8, 4) is 5.75 Å². The number of hydrogen-bond acceptors (Lipinski definition) is 5. The lowest BCUT2D eigenvalue weighted by molar-refractivity contribution is -0.115. The van der Waals surface area contributed by atoms with Crippen LogP contribution in [0, 0.1) is 0 Å². The lowest BCUT2D eigenvalue weighted by Crippen LogP contribution is -2.48. The zero-order chi connectivity index (χ0) is 24.1. The third kappa shape index (κ3) is 5.52. The first-order chi connectivity index (χ1) is 16.4. The summed E-state index contributed by atoms with van der Waals surface area (Å²) in [6, 6.07) is 21.1. The predicted molar refractivity (Wildman–Crippen MR) is 134 cm³/mol. The number of sulfonamides is 1. The average Bonchev–Trinajstić information content (AvgIpc) is 2.86. The number of nitrogens with zero attached hydrogens (tertiary/aromatic N) is 2. The monoisotopic (exact) mass is 499 g/mol. The second-order valence-electron chi connectivity index (χ2n) is 7.94. The van der Waals surface area contributed by atoms with Gasteiger partial charge in [0.05, 0.1) is 24.1 Å². The molecule has 1 fully saturated rings. The molecule has 0 aliphatic carbocycles.